The molecule has 2 heteroatoms. The van der Waals surface area contributed by atoms with Crippen LogP contribution in [0.15, 0.2) is 0 Å². The van der Waals surface area contributed by atoms with Crippen molar-refractivity contribution in [1.82, 2.24) is 4.90 Å². The number of nitrogens with zero attached hydrogens (tertiary/aromatic N) is 1. The summed E-state index contributed by atoms with van der Waals surface area (Å²) in [5, 5.41) is 9.75. The standard InChI is InChI=1S/C14H31NO/c1-4-6-7-8-9-10-11-12-14(16)13-15(3)5-2/h14,16H,4-13H2,1-3H3. The van der Waals surface area contributed by atoms with Gasteiger partial charge in [0, 0.05) is 6.54 Å². The van der Waals surface area contributed by atoms with Crippen LogP contribution in [0.3, 0.4) is 0 Å². The van der Waals surface area contributed by atoms with Crippen molar-refractivity contribution in [2.75, 3.05) is 20.1 Å². The van der Waals surface area contributed by atoms with Gasteiger partial charge in [-0.05, 0) is 20.0 Å². The zero-order valence-corrected chi connectivity index (χ0v) is 11.5. The van der Waals surface area contributed by atoms with Crippen molar-refractivity contribution in [2.45, 2.75) is 71.3 Å². The van der Waals surface area contributed by atoms with Crippen LogP contribution in [0.5, 0.6) is 0 Å². The second-order valence-electron chi connectivity index (χ2n) is 4.92. The summed E-state index contributed by atoms with van der Waals surface area (Å²) in [6, 6.07) is 0. The molecule has 0 spiro atoms. The topological polar surface area (TPSA) is 23.5 Å². The van der Waals surface area contributed by atoms with Crippen molar-refractivity contribution in [1.29, 1.82) is 0 Å². The van der Waals surface area contributed by atoms with Crippen LogP contribution in [0.1, 0.15) is 65.2 Å². The maximum absolute atomic E-state index is 9.75. The van der Waals surface area contributed by atoms with Gasteiger partial charge >= 0.3 is 0 Å². The Morgan fingerprint density at radius 3 is 2.06 bits per heavy atom. The molecule has 0 aliphatic rings. The van der Waals surface area contributed by atoms with Crippen molar-refractivity contribution < 1.29 is 5.11 Å². The summed E-state index contributed by atoms with van der Waals surface area (Å²) in [6.07, 6.45) is 10.1. The molecule has 0 aliphatic heterocycles. The number of aliphatic hydroxyl groups is 1. The largest absolute Gasteiger partial charge is 0.392 e. The molecule has 16 heavy (non-hydrogen) atoms. The molecule has 1 unspecified atom stereocenters. The molecule has 1 N–H and O–H groups in total. The molecule has 0 heterocycles. The normalized spacial score (nSPS) is 13.3. The lowest BCUT2D eigenvalue weighted by Gasteiger charge is -2.18. The lowest BCUT2D eigenvalue weighted by Crippen LogP contribution is -2.28. The summed E-state index contributed by atoms with van der Waals surface area (Å²) in [5.74, 6) is 0. The van der Waals surface area contributed by atoms with Crippen molar-refractivity contribution in [3.05, 3.63) is 0 Å². The highest BCUT2D eigenvalue weighted by Crippen LogP contribution is 2.10. The van der Waals surface area contributed by atoms with Crippen LogP contribution < -0.4 is 0 Å². The van der Waals surface area contributed by atoms with E-state index in [2.05, 4.69) is 25.8 Å². The molecule has 0 rings (SSSR count). The average Bonchev–Trinajstić information content (AvgIpc) is 2.27. The Morgan fingerprint density at radius 2 is 1.50 bits per heavy atom. The number of hydrogen-bond acceptors (Lipinski definition) is 2. The molecule has 98 valence electrons. The van der Waals surface area contributed by atoms with E-state index in [9.17, 15) is 5.11 Å². The maximum atomic E-state index is 9.75. The third-order valence-corrected chi connectivity index (χ3v) is 3.20. The molecular formula is C14H31NO. The van der Waals surface area contributed by atoms with Crippen molar-refractivity contribution in [2.24, 2.45) is 0 Å². The van der Waals surface area contributed by atoms with Crippen LogP contribution >= 0.6 is 0 Å². The summed E-state index contributed by atoms with van der Waals surface area (Å²) < 4.78 is 0. The zero-order valence-electron chi connectivity index (χ0n) is 11.5. The maximum Gasteiger partial charge on any atom is 0.0667 e. The van der Waals surface area contributed by atoms with Crippen LogP contribution in [-0.2, 0) is 0 Å². The minimum Gasteiger partial charge on any atom is -0.392 e. The quantitative estimate of drug-likeness (QED) is 0.549. The lowest BCUT2D eigenvalue weighted by molar-refractivity contribution is 0.117. The van der Waals surface area contributed by atoms with Gasteiger partial charge in [0.15, 0.2) is 0 Å². The summed E-state index contributed by atoms with van der Waals surface area (Å²) in [7, 11) is 2.06. The van der Waals surface area contributed by atoms with Gasteiger partial charge in [-0.3, -0.25) is 0 Å². The average molecular weight is 229 g/mol. The van der Waals surface area contributed by atoms with E-state index in [1.54, 1.807) is 0 Å². The summed E-state index contributed by atoms with van der Waals surface area (Å²) in [4.78, 5) is 2.17. The molecule has 1 atom stereocenters. The Hall–Kier alpha value is -0.0800. The Morgan fingerprint density at radius 1 is 0.938 bits per heavy atom. The molecule has 0 aromatic rings. The van der Waals surface area contributed by atoms with Crippen molar-refractivity contribution in [3.63, 3.8) is 0 Å². The van der Waals surface area contributed by atoms with Crippen LogP contribution in [0.25, 0.3) is 0 Å². The van der Waals surface area contributed by atoms with Gasteiger partial charge in [0.1, 0.15) is 0 Å². The molecule has 0 saturated heterocycles. The number of aliphatic hydroxyl groups excluding tert-OH is 1. The summed E-state index contributed by atoms with van der Waals surface area (Å²) >= 11 is 0. The van der Waals surface area contributed by atoms with E-state index in [1.165, 1.54) is 44.9 Å². The van der Waals surface area contributed by atoms with E-state index in [4.69, 9.17) is 0 Å². The molecular weight excluding hydrogens is 198 g/mol. The van der Waals surface area contributed by atoms with Gasteiger partial charge in [-0.15, -0.1) is 0 Å². The first-order valence-corrected chi connectivity index (χ1v) is 7.07. The van der Waals surface area contributed by atoms with Crippen LogP contribution in [0.2, 0.25) is 0 Å². The predicted molar refractivity (Wildman–Crippen MR) is 71.8 cm³/mol. The third kappa shape index (κ3) is 10.4. The van der Waals surface area contributed by atoms with Gasteiger partial charge in [-0.25, -0.2) is 0 Å². The van der Waals surface area contributed by atoms with E-state index >= 15 is 0 Å². The predicted octanol–water partition coefficient (Wildman–Crippen LogP) is 3.44. The van der Waals surface area contributed by atoms with Crippen molar-refractivity contribution in [3.8, 4) is 0 Å². The van der Waals surface area contributed by atoms with Gasteiger partial charge in [-0.2, -0.15) is 0 Å². The molecule has 0 aliphatic carbocycles. The van der Waals surface area contributed by atoms with Crippen molar-refractivity contribution >= 4 is 0 Å². The highest BCUT2D eigenvalue weighted by atomic mass is 16.3. The molecule has 0 saturated carbocycles. The van der Waals surface area contributed by atoms with Gasteiger partial charge < -0.3 is 10.0 Å². The summed E-state index contributed by atoms with van der Waals surface area (Å²) in [5.41, 5.74) is 0. The number of likely N-dealkylation sites (N-methyl/N-ethyl adjacent to an activating group) is 1. The monoisotopic (exact) mass is 229 g/mol. The summed E-state index contributed by atoms with van der Waals surface area (Å²) in [6.45, 7) is 6.22. The highest BCUT2D eigenvalue weighted by Gasteiger charge is 2.05. The lowest BCUT2D eigenvalue weighted by atomic mass is 10.1. The zero-order chi connectivity index (χ0) is 12.2. The van der Waals surface area contributed by atoms with Crippen LogP contribution in [-0.4, -0.2) is 36.2 Å². The van der Waals surface area contributed by atoms with Crippen LogP contribution in [0.4, 0.5) is 0 Å². The highest BCUT2D eigenvalue weighted by molar-refractivity contribution is 4.60. The van der Waals surface area contributed by atoms with Gasteiger partial charge in [0.2, 0.25) is 0 Å². The fourth-order valence-electron chi connectivity index (χ4n) is 1.92. The van der Waals surface area contributed by atoms with Gasteiger partial charge in [0.25, 0.3) is 0 Å². The van der Waals surface area contributed by atoms with Gasteiger partial charge in [-0.1, -0.05) is 58.8 Å². The Kier molecular flexibility index (Phi) is 11.3. The fourth-order valence-corrected chi connectivity index (χ4v) is 1.92. The minimum atomic E-state index is -0.124. The van der Waals surface area contributed by atoms with E-state index in [0.29, 0.717) is 0 Å². The van der Waals surface area contributed by atoms with Gasteiger partial charge in [0.05, 0.1) is 6.10 Å². The molecule has 0 radical (unpaired) electrons. The van der Waals surface area contributed by atoms with E-state index in [0.717, 1.165) is 19.5 Å². The fraction of sp³-hybridized carbons (Fsp3) is 1.00. The van der Waals surface area contributed by atoms with E-state index in [1.807, 2.05) is 0 Å². The number of hydrogen-bond donors (Lipinski definition) is 1. The molecule has 0 bridgehead atoms. The third-order valence-electron chi connectivity index (χ3n) is 3.20. The first kappa shape index (κ1) is 15.9. The first-order valence-electron chi connectivity index (χ1n) is 7.07. The second kappa shape index (κ2) is 11.4. The number of rotatable bonds is 11. The smallest absolute Gasteiger partial charge is 0.0667 e. The SMILES string of the molecule is CCCCCCCCCC(O)CN(C)CC. The molecule has 0 amide bonds. The second-order valence-corrected chi connectivity index (χ2v) is 4.92. The molecule has 0 aromatic carbocycles. The first-order chi connectivity index (χ1) is 7.70. The van der Waals surface area contributed by atoms with E-state index < -0.39 is 0 Å². The number of unbranched alkanes of at least 4 members (excludes halogenated alkanes) is 6. The van der Waals surface area contributed by atoms with E-state index in [-0.39, 0.29) is 6.10 Å². The van der Waals surface area contributed by atoms with Crippen LogP contribution in [0, 0.1) is 0 Å². The molecule has 0 aromatic heterocycles. The molecule has 0 fully saturated rings. The Balaban J connectivity index is 3.18. The Labute approximate surface area is 102 Å². The Bertz CT molecular complexity index is 139. The minimum absolute atomic E-state index is 0.124. The molecule has 2 nitrogen and oxygen atoms in total.